The summed E-state index contributed by atoms with van der Waals surface area (Å²) in [5.74, 6) is 0.637. The third-order valence-corrected chi connectivity index (χ3v) is 3.88. The number of benzene rings is 2. The van der Waals surface area contributed by atoms with Crippen LogP contribution >= 0.6 is 12.2 Å². The number of azo groups is 1. The average molecular weight is 380 g/mol. The lowest BCUT2D eigenvalue weighted by Gasteiger charge is -2.17. The maximum atomic E-state index is 12.0. The van der Waals surface area contributed by atoms with Crippen LogP contribution < -0.4 is 9.47 Å². The predicted molar refractivity (Wildman–Crippen MR) is 105 cm³/mol. The molecule has 0 spiro atoms. The summed E-state index contributed by atoms with van der Waals surface area (Å²) in [6.45, 7) is 3.92. The smallest absolute Gasteiger partial charge is 0.300 e. The van der Waals surface area contributed by atoms with Crippen molar-refractivity contribution >= 4 is 29.5 Å². The Balaban J connectivity index is 1.74. The number of nitrogens with zero attached hydrogens (tertiary/aromatic N) is 4. The van der Waals surface area contributed by atoms with Gasteiger partial charge in [-0.05, 0) is 41.5 Å². The summed E-state index contributed by atoms with van der Waals surface area (Å²) in [5, 5.41) is 12.2. The van der Waals surface area contributed by atoms with Crippen molar-refractivity contribution in [1.29, 1.82) is 0 Å². The second kappa shape index (κ2) is 8.33. The van der Waals surface area contributed by atoms with Crippen molar-refractivity contribution in [3.8, 4) is 11.5 Å². The SMILES string of the molecule is C=C1N=NC(=S)N(/N=C/c2ccc(OCc3ccccc3)c(OC)c2)C1=O. The van der Waals surface area contributed by atoms with Gasteiger partial charge in [-0.1, -0.05) is 36.9 Å². The Morgan fingerprint density at radius 3 is 2.70 bits per heavy atom. The van der Waals surface area contributed by atoms with Crippen LogP contribution in [0.3, 0.4) is 0 Å². The largest absolute Gasteiger partial charge is 0.493 e. The van der Waals surface area contributed by atoms with Crippen molar-refractivity contribution in [3.63, 3.8) is 0 Å². The van der Waals surface area contributed by atoms with Crippen molar-refractivity contribution in [1.82, 2.24) is 5.01 Å². The molecule has 0 atom stereocenters. The lowest BCUT2D eigenvalue weighted by atomic mass is 10.2. The molecule has 1 amide bonds. The van der Waals surface area contributed by atoms with E-state index in [9.17, 15) is 4.79 Å². The summed E-state index contributed by atoms with van der Waals surface area (Å²) < 4.78 is 11.2. The molecule has 136 valence electrons. The number of methoxy groups -OCH3 is 1. The molecular weight excluding hydrogens is 364 g/mol. The number of hydrazone groups is 1. The van der Waals surface area contributed by atoms with E-state index in [1.807, 2.05) is 30.3 Å². The van der Waals surface area contributed by atoms with Crippen LogP contribution in [-0.2, 0) is 11.4 Å². The minimum Gasteiger partial charge on any atom is -0.493 e. The molecule has 2 aromatic rings. The van der Waals surface area contributed by atoms with Crippen LogP contribution in [0.1, 0.15) is 11.1 Å². The summed E-state index contributed by atoms with van der Waals surface area (Å²) in [7, 11) is 1.55. The van der Waals surface area contributed by atoms with Gasteiger partial charge in [-0.3, -0.25) is 4.79 Å². The summed E-state index contributed by atoms with van der Waals surface area (Å²) in [6.07, 6.45) is 1.47. The third-order valence-electron chi connectivity index (χ3n) is 3.62. The molecule has 2 aromatic carbocycles. The molecule has 0 fully saturated rings. The van der Waals surface area contributed by atoms with Gasteiger partial charge >= 0.3 is 5.91 Å². The Kier molecular flexibility index (Phi) is 5.68. The zero-order valence-corrected chi connectivity index (χ0v) is 15.3. The second-order valence-corrected chi connectivity index (χ2v) is 5.84. The maximum Gasteiger partial charge on any atom is 0.300 e. The topological polar surface area (TPSA) is 75.8 Å². The summed E-state index contributed by atoms with van der Waals surface area (Å²) in [4.78, 5) is 12.0. The van der Waals surface area contributed by atoms with Crippen LogP contribution in [-0.4, -0.2) is 29.4 Å². The zero-order valence-electron chi connectivity index (χ0n) is 14.5. The molecule has 1 aliphatic rings. The Morgan fingerprint density at radius 2 is 1.96 bits per heavy atom. The van der Waals surface area contributed by atoms with Crippen molar-refractivity contribution in [2.75, 3.05) is 7.11 Å². The molecule has 0 radical (unpaired) electrons. The molecule has 27 heavy (non-hydrogen) atoms. The van der Waals surface area contributed by atoms with Crippen LogP contribution in [0.2, 0.25) is 0 Å². The highest BCUT2D eigenvalue weighted by atomic mass is 32.1. The first-order valence-electron chi connectivity index (χ1n) is 7.96. The fraction of sp³-hybridized carbons (Fsp3) is 0.105. The van der Waals surface area contributed by atoms with Gasteiger partial charge in [0.25, 0.3) is 0 Å². The molecule has 3 rings (SSSR count). The Bertz CT molecular complexity index is 941. The van der Waals surface area contributed by atoms with Gasteiger partial charge in [-0.2, -0.15) is 10.1 Å². The summed E-state index contributed by atoms with van der Waals surface area (Å²) in [6, 6.07) is 15.1. The number of thiocarbonyl (C=S) groups is 1. The molecule has 0 aromatic heterocycles. The van der Waals surface area contributed by atoms with E-state index in [1.54, 1.807) is 25.3 Å². The fourth-order valence-corrected chi connectivity index (χ4v) is 2.41. The lowest BCUT2D eigenvalue weighted by Crippen LogP contribution is -2.33. The molecule has 0 bridgehead atoms. The van der Waals surface area contributed by atoms with Gasteiger partial charge in [-0.25, -0.2) is 0 Å². The number of carbonyl (C=O) groups excluding carboxylic acids is 1. The molecule has 0 saturated heterocycles. The number of ether oxygens (including phenoxy) is 2. The Morgan fingerprint density at radius 1 is 1.19 bits per heavy atom. The summed E-state index contributed by atoms with van der Waals surface area (Å²) >= 11 is 4.97. The second-order valence-electron chi connectivity index (χ2n) is 5.48. The molecule has 8 heteroatoms. The van der Waals surface area contributed by atoms with Gasteiger partial charge in [0.1, 0.15) is 12.3 Å². The van der Waals surface area contributed by atoms with Crippen molar-refractivity contribution in [2.24, 2.45) is 15.3 Å². The minimum atomic E-state index is -0.513. The first-order valence-corrected chi connectivity index (χ1v) is 8.37. The first-order chi connectivity index (χ1) is 13.1. The van der Waals surface area contributed by atoms with Crippen LogP contribution in [0.15, 0.2) is 76.1 Å². The number of hydrogen-bond donors (Lipinski definition) is 0. The highest BCUT2D eigenvalue weighted by molar-refractivity contribution is 7.80. The molecule has 1 heterocycles. The van der Waals surface area contributed by atoms with E-state index in [0.29, 0.717) is 23.7 Å². The third kappa shape index (κ3) is 4.42. The molecule has 7 nitrogen and oxygen atoms in total. The molecule has 1 aliphatic heterocycles. The lowest BCUT2D eigenvalue weighted by molar-refractivity contribution is -0.123. The van der Waals surface area contributed by atoms with Gasteiger partial charge in [0, 0.05) is 0 Å². The van der Waals surface area contributed by atoms with E-state index in [1.165, 1.54) is 6.21 Å². The maximum absolute atomic E-state index is 12.0. The van der Waals surface area contributed by atoms with Gasteiger partial charge in [-0.15, -0.1) is 10.2 Å². The van der Waals surface area contributed by atoms with E-state index in [2.05, 4.69) is 21.9 Å². The van der Waals surface area contributed by atoms with Crippen LogP contribution in [0.25, 0.3) is 0 Å². The van der Waals surface area contributed by atoms with Crippen molar-refractivity contribution < 1.29 is 14.3 Å². The number of hydrogen-bond acceptors (Lipinski definition) is 6. The standard InChI is InChI=1S/C19H16N4O3S/c1-13-18(24)23(19(27)22-21-13)20-11-15-8-9-16(17(10-15)25-2)26-12-14-6-4-3-5-7-14/h3-11H,1,12H2,2H3/b20-11+. The van der Waals surface area contributed by atoms with Crippen molar-refractivity contribution in [2.45, 2.75) is 6.61 Å². The van der Waals surface area contributed by atoms with Gasteiger partial charge in [0.15, 0.2) is 11.5 Å². The number of rotatable bonds is 6. The molecule has 0 N–H and O–H groups in total. The summed E-state index contributed by atoms with van der Waals surface area (Å²) in [5.41, 5.74) is 1.72. The van der Waals surface area contributed by atoms with E-state index in [0.717, 1.165) is 10.6 Å². The first kappa shape index (κ1) is 18.4. The highest BCUT2D eigenvalue weighted by Crippen LogP contribution is 2.28. The Labute approximate surface area is 161 Å². The minimum absolute atomic E-state index is 0.0250. The van der Waals surface area contributed by atoms with Crippen LogP contribution in [0, 0.1) is 0 Å². The molecular formula is C19H16N4O3S. The van der Waals surface area contributed by atoms with Gasteiger partial charge in [0.2, 0.25) is 5.11 Å². The van der Waals surface area contributed by atoms with E-state index < -0.39 is 5.91 Å². The van der Waals surface area contributed by atoms with Crippen molar-refractivity contribution in [3.05, 3.63) is 71.9 Å². The van der Waals surface area contributed by atoms with E-state index in [4.69, 9.17) is 21.7 Å². The average Bonchev–Trinajstić information content (AvgIpc) is 2.70. The monoisotopic (exact) mass is 380 g/mol. The zero-order chi connectivity index (χ0) is 19.2. The highest BCUT2D eigenvalue weighted by Gasteiger charge is 2.24. The molecule has 0 unspecified atom stereocenters. The van der Waals surface area contributed by atoms with Gasteiger partial charge < -0.3 is 9.47 Å². The molecule has 0 saturated carbocycles. The Hall–Kier alpha value is -3.39. The molecule has 0 aliphatic carbocycles. The predicted octanol–water partition coefficient (Wildman–Crippen LogP) is 3.70. The van der Waals surface area contributed by atoms with Crippen LogP contribution in [0.4, 0.5) is 0 Å². The van der Waals surface area contributed by atoms with Gasteiger partial charge in [0.05, 0.1) is 13.3 Å². The number of amides is 1. The van der Waals surface area contributed by atoms with Crippen LogP contribution in [0.5, 0.6) is 11.5 Å². The number of carbonyl (C=O) groups is 1. The van der Waals surface area contributed by atoms with E-state index >= 15 is 0 Å². The fourth-order valence-electron chi connectivity index (χ4n) is 2.24. The normalized spacial score (nSPS) is 14.1. The quantitative estimate of drug-likeness (QED) is 0.435. The van der Waals surface area contributed by atoms with E-state index in [-0.39, 0.29) is 10.8 Å².